The molecule has 0 saturated heterocycles. The molecule has 98 valence electrons. The average Bonchev–Trinajstić information content (AvgIpc) is 2.36. The minimum absolute atomic E-state index is 0.111. The molecule has 0 aromatic heterocycles. The summed E-state index contributed by atoms with van der Waals surface area (Å²) in [5, 5.41) is 10.6. The van der Waals surface area contributed by atoms with Crippen LogP contribution in [0, 0.1) is 10.1 Å². The van der Waals surface area contributed by atoms with Crippen LogP contribution in [0.3, 0.4) is 0 Å². The van der Waals surface area contributed by atoms with Crippen molar-refractivity contribution in [3.8, 4) is 5.75 Å². The summed E-state index contributed by atoms with van der Waals surface area (Å²) < 4.78 is 5.65. The van der Waals surface area contributed by atoms with Crippen LogP contribution in [-0.4, -0.2) is 11.5 Å². The molecule has 1 aromatic carbocycles. The lowest BCUT2D eigenvalue weighted by atomic mass is 10.1. The summed E-state index contributed by atoms with van der Waals surface area (Å²) >= 11 is 0. The zero-order chi connectivity index (χ0) is 13.4. The van der Waals surface area contributed by atoms with Gasteiger partial charge in [-0.15, -0.1) is 0 Å². The Balaban J connectivity index is 2.73. The smallest absolute Gasteiger partial charge is 0.243 e. The van der Waals surface area contributed by atoms with Crippen LogP contribution in [0.5, 0.6) is 5.75 Å². The standard InChI is InChI=1S/C14H19NO3/c1-3-4-7-10-18-14-9-6-5-8-13(14)11-12(2)15(16)17/h5-6,8-9,11H,3-4,7,10H2,1-2H3/b12-11+. The molecule has 0 amide bonds. The van der Waals surface area contributed by atoms with Crippen LogP contribution < -0.4 is 4.74 Å². The summed E-state index contributed by atoms with van der Waals surface area (Å²) in [5.41, 5.74) is 0.864. The first-order valence-electron chi connectivity index (χ1n) is 6.19. The summed E-state index contributed by atoms with van der Waals surface area (Å²) in [7, 11) is 0. The Kier molecular flexibility index (Phi) is 5.91. The number of rotatable bonds is 7. The van der Waals surface area contributed by atoms with Gasteiger partial charge in [0.1, 0.15) is 5.75 Å². The van der Waals surface area contributed by atoms with Gasteiger partial charge in [0.2, 0.25) is 5.70 Å². The number of benzene rings is 1. The molecule has 0 aliphatic rings. The largest absolute Gasteiger partial charge is 0.493 e. The number of para-hydroxylation sites is 1. The van der Waals surface area contributed by atoms with Crippen LogP contribution in [0.15, 0.2) is 30.0 Å². The Morgan fingerprint density at radius 1 is 1.39 bits per heavy atom. The van der Waals surface area contributed by atoms with Crippen LogP contribution in [0.4, 0.5) is 0 Å². The molecule has 0 heterocycles. The van der Waals surface area contributed by atoms with Gasteiger partial charge in [-0.3, -0.25) is 10.1 Å². The van der Waals surface area contributed by atoms with Gasteiger partial charge in [-0.25, -0.2) is 0 Å². The molecule has 4 nitrogen and oxygen atoms in total. The van der Waals surface area contributed by atoms with Gasteiger partial charge in [0, 0.05) is 18.6 Å². The lowest BCUT2D eigenvalue weighted by molar-refractivity contribution is -0.422. The molecule has 0 unspecified atom stereocenters. The van der Waals surface area contributed by atoms with Crippen molar-refractivity contribution in [2.45, 2.75) is 33.1 Å². The molecule has 0 N–H and O–H groups in total. The van der Waals surface area contributed by atoms with Gasteiger partial charge in [0.05, 0.1) is 11.5 Å². The topological polar surface area (TPSA) is 52.4 Å². The molecule has 4 heteroatoms. The van der Waals surface area contributed by atoms with Gasteiger partial charge in [-0.05, 0) is 12.5 Å². The van der Waals surface area contributed by atoms with E-state index in [0.717, 1.165) is 24.8 Å². The molecular formula is C14H19NO3. The number of unbranched alkanes of at least 4 members (excludes halogenated alkanes) is 2. The van der Waals surface area contributed by atoms with Crippen molar-refractivity contribution in [3.05, 3.63) is 45.6 Å². The summed E-state index contributed by atoms with van der Waals surface area (Å²) in [4.78, 5) is 10.2. The van der Waals surface area contributed by atoms with E-state index in [9.17, 15) is 10.1 Å². The second-order valence-corrected chi connectivity index (χ2v) is 4.14. The number of hydrogen-bond donors (Lipinski definition) is 0. The van der Waals surface area contributed by atoms with E-state index in [1.807, 2.05) is 24.3 Å². The van der Waals surface area contributed by atoms with Crippen molar-refractivity contribution in [1.82, 2.24) is 0 Å². The second kappa shape index (κ2) is 7.48. The lowest BCUT2D eigenvalue weighted by Gasteiger charge is -2.08. The minimum atomic E-state index is -0.395. The summed E-state index contributed by atoms with van der Waals surface area (Å²) in [6, 6.07) is 7.37. The Bertz CT molecular complexity index is 427. The number of nitro groups is 1. The van der Waals surface area contributed by atoms with Crippen LogP contribution in [0.25, 0.3) is 6.08 Å². The molecule has 0 fully saturated rings. The van der Waals surface area contributed by atoms with Gasteiger partial charge in [-0.2, -0.15) is 0 Å². The predicted octanol–water partition coefficient (Wildman–Crippen LogP) is 3.89. The fourth-order valence-electron chi connectivity index (χ4n) is 1.54. The predicted molar refractivity (Wildman–Crippen MR) is 72.1 cm³/mol. The van der Waals surface area contributed by atoms with Crippen LogP contribution >= 0.6 is 0 Å². The molecular weight excluding hydrogens is 230 g/mol. The van der Waals surface area contributed by atoms with E-state index >= 15 is 0 Å². The van der Waals surface area contributed by atoms with Crippen LogP contribution in [0.2, 0.25) is 0 Å². The Morgan fingerprint density at radius 3 is 2.78 bits per heavy atom. The van der Waals surface area contributed by atoms with Gasteiger partial charge in [0.15, 0.2) is 0 Å². The van der Waals surface area contributed by atoms with E-state index in [1.165, 1.54) is 13.0 Å². The first-order valence-corrected chi connectivity index (χ1v) is 6.19. The maximum absolute atomic E-state index is 10.6. The van der Waals surface area contributed by atoms with Crippen molar-refractivity contribution in [3.63, 3.8) is 0 Å². The van der Waals surface area contributed by atoms with E-state index in [1.54, 1.807) is 0 Å². The van der Waals surface area contributed by atoms with Gasteiger partial charge < -0.3 is 4.74 Å². The van der Waals surface area contributed by atoms with Crippen molar-refractivity contribution in [2.75, 3.05) is 6.61 Å². The average molecular weight is 249 g/mol. The normalized spacial score (nSPS) is 11.3. The zero-order valence-corrected chi connectivity index (χ0v) is 10.9. The van der Waals surface area contributed by atoms with E-state index < -0.39 is 4.92 Å². The molecule has 0 aliphatic heterocycles. The molecule has 0 aliphatic carbocycles. The molecule has 1 aromatic rings. The molecule has 0 saturated carbocycles. The quantitative estimate of drug-likeness (QED) is 0.418. The number of ether oxygens (including phenoxy) is 1. The Hall–Kier alpha value is -1.84. The third-order valence-electron chi connectivity index (χ3n) is 2.58. The van der Waals surface area contributed by atoms with Crippen molar-refractivity contribution < 1.29 is 9.66 Å². The fourth-order valence-corrected chi connectivity index (χ4v) is 1.54. The molecule has 0 spiro atoms. The molecule has 18 heavy (non-hydrogen) atoms. The van der Waals surface area contributed by atoms with Gasteiger partial charge >= 0.3 is 0 Å². The molecule has 1 rings (SSSR count). The summed E-state index contributed by atoms with van der Waals surface area (Å²) in [6.45, 7) is 4.27. The van der Waals surface area contributed by atoms with E-state index in [-0.39, 0.29) is 5.70 Å². The monoisotopic (exact) mass is 249 g/mol. The van der Waals surface area contributed by atoms with Gasteiger partial charge in [-0.1, -0.05) is 38.0 Å². The van der Waals surface area contributed by atoms with Crippen molar-refractivity contribution >= 4 is 6.08 Å². The highest BCUT2D eigenvalue weighted by molar-refractivity contribution is 5.58. The van der Waals surface area contributed by atoms with Crippen molar-refractivity contribution in [1.29, 1.82) is 0 Å². The summed E-state index contributed by atoms with van der Waals surface area (Å²) in [6.07, 6.45) is 4.81. The third kappa shape index (κ3) is 4.57. The van der Waals surface area contributed by atoms with Crippen molar-refractivity contribution in [2.24, 2.45) is 0 Å². The Labute approximate surface area is 107 Å². The SMILES string of the molecule is CCCCCOc1ccccc1/C=C(\C)[N+](=O)[O-]. The number of allylic oxidation sites excluding steroid dienone is 1. The highest BCUT2D eigenvalue weighted by Gasteiger charge is 2.06. The van der Waals surface area contributed by atoms with E-state index in [2.05, 4.69) is 6.92 Å². The highest BCUT2D eigenvalue weighted by atomic mass is 16.6. The first-order chi connectivity index (χ1) is 8.65. The van der Waals surface area contributed by atoms with E-state index in [0.29, 0.717) is 12.4 Å². The molecule has 0 atom stereocenters. The molecule has 0 bridgehead atoms. The Morgan fingerprint density at radius 2 is 2.11 bits per heavy atom. The zero-order valence-electron chi connectivity index (χ0n) is 10.9. The maximum atomic E-state index is 10.6. The van der Waals surface area contributed by atoms with E-state index in [4.69, 9.17) is 4.74 Å². The minimum Gasteiger partial charge on any atom is -0.493 e. The molecule has 0 radical (unpaired) electrons. The van der Waals surface area contributed by atoms with Crippen LogP contribution in [0.1, 0.15) is 38.7 Å². The first kappa shape index (κ1) is 14.2. The van der Waals surface area contributed by atoms with Crippen LogP contribution in [-0.2, 0) is 0 Å². The summed E-state index contributed by atoms with van der Waals surface area (Å²) in [5.74, 6) is 0.704. The van der Waals surface area contributed by atoms with Gasteiger partial charge in [0.25, 0.3) is 0 Å². The third-order valence-corrected chi connectivity index (χ3v) is 2.58. The highest BCUT2D eigenvalue weighted by Crippen LogP contribution is 2.21. The number of hydrogen-bond acceptors (Lipinski definition) is 3. The lowest BCUT2D eigenvalue weighted by Crippen LogP contribution is -1.99. The maximum Gasteiger partial charge on any atom is 0.243 e. The number of nitrogens with zero attached hydrogens (tertiary/aromatic N) is 1. The second-order valence-electron chi connectivity index (χ2n) is 4.14. The fraction of sp³-hybridized carbons (Fsp3) is 0.429.